The molecule has 0 fully saturated rings. The van der Waals surface area contributed by atoms with Gasteiger partial charge in [-0.3, -0.25) is 0 Å². The van der Waals surface area contributed by atoms with E-state index in [1.54, 1.807) is 6.08 Å². The van der Waals surface area contributed by atoms with Crippen LogP contribution in [-0.2, 0) is 9.84 Å². The van der Waals surface area contributed by atoms with Crippen molar-refractivity contribution in [1.82, 2.24) is 0 Å². The van der Waals surface area contributed by atoms with Crippen molar-refractivity contribution in [2.24, 2.45) is 5.73 Å². The Kier molecular flexibility index (Phi) is 2.16. The number of hydrogen-bond donors (Lipinski definition) is 1. The maximum Gasteiger partial charge on any atom is 0.215 e. The summed E-state index contributed by atoms with van der Waals surface area (Å²) in [5.74, 6) is 0. The maximum absolute atomic E-state index is 11.4. The predicted molar refractivity (Wildman–Crippen MR) is 60.3 cm³/mol. The Hall–Kier alpha value is -1.55. The number of benzene rings is 1. The first-order chi connectivity index (χ1) is 7.00. The summed E-state index contributed by atoms with van der Waals surface area (Å²) >= 11 is 0. The lowest BCUT2D eigenvalue weighted by Crippen LogP contribution is -2.07. The minimum Gasteiger partial charge on any atom is -0.389 e. The van der Waals surface area contributed by atoms with Crippen molar-refractivity contribution in [3.63, 3.8) is 0 Å². The normalized spacial score (nSPS) is 18.5. The van der Waals surface area contributed by atoms with Crippen LogP contribution in [0, 0.1) is 6.92 Å². The molecule has 4 heteroatoms. The number of allylic oxidation sites excluding steroid dienone is 2. The van der Waals surface area contributed by atoms with Crippen LogP contribution in [0.2, 0.25) is 0 Å². The molecule has 0 saturated carbocycles. The SMILES string of the molecule is Cc1cccc(C2=C(N)S(=O)(=O)C=C2)c1. The zero-order valence-electron chi connectivity index (χ0n) is 8.27. The molecule has 1 aliphatic heterocycles. The predicted octanol–water partition coefficient (Wildman–Crippen LogP) is 1.56. The smallest absolute Gasteiger partial charge is 0.215 e. The standard InChI is InChI=1S/C11H11NO2S/c1-8-3-2-4-9(7-8)10-5-6-15(13,14)11(10)12/h2-7H,12H2,1H3. The van der Waals surface area contributed by atoms with Gasteiger partial charge in [-0.1, -0.05) is 29.8 Å². The third-order valence-corrected chi connectivity index (χ3v) is 3.64. The molecule has 0 spiro atoms. The molecule has 0 aliphatic carbocycles. The maximum atomic E-state index is 11.4. The van der Waals surface area contributed by atoms with Crippen LogP contribution in [0.1, 0.15) is 11.1 Å². The Balaban J connectivity index is 2.60. The van der Waals surface area contributed by atoms with E-state index >= 15 is 0 Å². The molecule has 1 aromatic carbocycles. The van der Waals surface area contributed by atoms with Crippen LogP contribution in [0.3, 0.4) is 0 Å². The van der Waals surface area contributed by atoms with Crippen molar-refractivity contribution < 1.29 is 8.42 Å². The van der Waals surface area contributed by atoms with Gasteiger partial charge in [-0.05, 0) is 18.6 Å². The fourth-order valence-corrected chi connectivity index (χ4v) is 2.47. The number of hydrogen-bond acceptors (Lipinski definition) is 3. The lowest BCUT2D eigenvalue weighted by atomic mass is 10.0. The zero-order valence-corrected chi connectivity index (χ0v) is 9.08. The average Bonchev–Trinajstić information content (AvgIpc) is 2.42. The Morgan fingerprint density at radius 3 is 2.53 bits per heavy atom. The summed E-state index contributed by atoms with van der Waals surface area (Å²) in [6.07, 6.45) is 1.54. The highest BCUT2D eigenvalue weighted by Crippen LogP contribution is 2.27. The van der Waals surface area contributed by atoms with E-state index in [4.69, 9.17) is 5.73 Å². The van der Waals surface area contributed by atoms with Gasteiger partial charge in [0.25, 0.3) is 0 Å². The van der Waals surface area contributed by atoms with Crippen LogP contribution in [0.15, 0.2) is 40.8 Å². The number of nitrogens with two attached hydrogens (primary N) is 1. The topological polar surface area (TPSA) is 60.2 Å². The fraction of sp³-hybridized carbons (Fsp3) is 0.0909. The summed E-state index contributed by atoms with van der Waals surface area (Å²) in [6, 6.07) is 7.59. The molecule has 2 rings (SSSR count). The van der Waals surface area contributed by atoms with Gasteiger partial charge in [-0.25, -0.2) is 8.42 Å². The highest BCUT2D eigenvalue weighted by molar-refractivity contribution is 7.98. The summed E-state index contributed by atoms with van der Waals surface area (Å²) in [5.41, 5.74) is 8.06. The van der Waals surface area contributed by atoms with Gasteiger partial charge in [0.2, 0.25) is 9.84 Å². The van der Waals surface area contributed by atoms with E-state index in [9.17, 15) is 8.42 Å². The summed E-state index contributed by atoms with van der Waals surface area (Å²) in [5, 5.41) is 1.08. The Morgan fingerprint density at radius 1 is 1.27 bits per heavy atom. The lowest BCUT2D eigenvalue weighted by molar-refractivity contribution is 0.610. The quantitative estimate of drug-likeness (QED) is 0.783. The minimum absolute atomic E-state index is 0.0619. The van der Waals surface area contributed by atoms with Crippen LogP contribution in [-0.4, -0.2) is 8.42 Å². The third-order valence-electron chi connectivity index (χ3n) is 2.31. The molecular weight excluding hydrogens is 210 g/mol. The lowest BCUT2D eigenvalue weighted by Gasteiger charge is -2.02. The monoisotopic (exact) mass is 221 g/mol. The molecule has 3 nitrogen and oxygen atoms in total. The van der Waals surface area contributed by atoms with Crippen LogP contribution < -0.4 is 5.73 Å². The summed E-state index contributed by atoms with van der Waals surface area (Å²) in [4.78, 5) is 0. The van der Waals surface area contributed by atoms with Crippen LogP contribution in [0.5, 0.6) is 0 Å². The molecule has 0 aromatic heterocycles. The van der Waals surface area contributed by atoms with Gasteiger partial charge in [0.1, 0.15) is 5.03 Å². The van der Waals surface area contributed by atoms with Gasteiger partial charge < -0.3 is 5.73 Å². The largest absolute Gasteiger partial charge is 0.389 e. The van der Waals surface area contributed by atoms with Crippen LogP contribution in [0.25, 0.3) is 5.57 Å². The molecule has 0 unspecified atom stereocenters. The van der Waals surface area contributed by atoms with Crippen molar-refractivity contribution in [2.45, 2.75) is 6.92 Å². The number of aryl methyl sites for hydroxylation is 1. The third kappa shape index (κ3) is 1.68. The van der Waals surface area contributed by atoms with Crippen LogP contribution in [0.4, 0.5) is 0 Å². The molecule has 1 aliphatic rings. The summed E-state index contributed by atoms with van der Waals surface area (Å²) in [6.45, 7) is 1.95. The fourth-order valence-electron chi connectivity index (χ4n) is 1.52. The van der Waals surface area contributed by atoms with Gasteiger partial charge in [0, 0.05) is 11.0 Å². The van der Waals surface area contributed by atoms with E-state index in [0.29, 0.717) is 5.57 Å². The second-order valence-corrected chi connectivity index (χ2v) is 5.30. The van der Waals surface area contributed by atoms with Crippen molar-refractivity contribution in [1.29, 1.82) is 0 Å². The molecule has 1 heterocycles. The van der Waals surface area contributed by atoms with E-state index in [1.165, 1.54) is 0 Å². The van der Waals surface area contributed by atoms with E-state index in [2.05, 4.69) is 0 Å². The molecule has 0 atom stereocenters. The molecule has 15 heavy (non-hydrogen) atoms. The van der Waals surface area contributed by atoms with Gasteiger partial charge in [-0.2, -0.15) is 0 Å². The molecule has 1 aromatic rings. The zero-order chi connectivity index (χ0) is 11.1. The molecule has 0 bridgehead atoms. The van der Waals surface area contributed by atoms with E-state index in [1.807, 2.05) is 31.2 Å². The van der Waals surface area contributed by atoms with Crippen molar-refractivity contribution in [3.8, 4) is 0 Å². The molecule has 0 radical (unpaired) electrons. The summed E-state index contributed by atoms with van der Waals surface area (Å²) in [7, 11) is -3.36. The summed E-state index contributed by atoms with van der Waals surface area (Å²) < 4.78 is 22.7. The van der Waals surface area contributed by atoms with E-state index in [0.717, 1.165) is 16.5 Å². The van der Waals surface area contributed by atoms with Crippen molar-refractivity contribution in [3.05, 3.63) is 51.9 Å². The Bertz CT molecular complexity index is 568. The molecule has 2 N–H and O–H groups in total. The minimum atomic E-state index is -3.36. The Morgan fingerprint density at radius 2 is 2.00 bits per heavy atom. The van der Waals surface area contributed by atoms with Gasteiger partial charge in [0.05, 0.1) is 0 Å². The second-order valence-electron chi connectivity index (χ2n) is 3.50. The number of sulfone groups is 1. The molecular formula is C11H11NO2S. The molecule has 0 saturated heterocycles. The van der Waals surface area contributed by atoms with Crippen LogP contribution >= 0.6 is 0 Å². The first-order valence-electron chi connectivity index (χ1n) is 4.51. The van der Waals surface area contributed by atoms with E-state index in [-0.39, 0.29) is 5.03 Å². The highest BCUT2D eigenvalue weighted by Gasteiger charge is 2.21. The number of rotatable bonds is 1. The van der Waals surface area contributed by atoms with Gasteiger partial charge in [0.15, 0.2) is 0 Å². The average molecular weight is 221 g/mol. The second kappa shape index (κ2) is 3.24. The Labute approximate surface area is 88.8 Å². The highest BCUT2D eigenvalue weighted by atomic mass is 32.2. The molecule has 78 valence electrons. The van der Waals surface area contributed by atoms with E-state index < -0.39 is 9.84 Å². The molecule has 0 amide bonds. The van der Waals surface area contributed by atoms with Gasteiger partial charge in [-0.15, -0.1) is 0 Å². The van der Waals surface area contributed by atoms with Crippen molar-refractivity contribution in [2.75, 3.05) is 0 Å². The van der Waals surface area contributed by atoms with Crippen molar-refractivity contribution >= 4 is 15.4 Å². The van der Waals surface area contributed by atoms with Gasteiger partial charge >= 0.3 is 0 Å². The first-order valence-corrected chi connectivity index (χ1v) is 6.05. The first kappa shape index (κ1) is 9.98.